The summed E-state index contributed by atoms with van der Waals surface area (Å²) in [6, 6.07) is 6.22. The number of carboxylic acid groups (broad SMARTS) is 1. The Morgan fingerprint density at radius 2 is 2.05 bits per heavy atom. The number of rotatable bonds is 6. The van der Waals surface area contributed by atoms with E-state index in [1.54, 1.807) is 12.1 Å². The second-order valence-corrected chi connectivity index (χ2v) is 6.97. The quantitative estimate of drug-likeness (QED) is 0.816. The lowest BCUT2D eigenvalue weighted by Gasteiger charge is -2.19. The van der Waals surface area contributed by atoms with Gasteiger partial charge in [0, 0.05) is 19.7 Å². The number of hydrogen-bond acceptors (Lipinski definition) is 3. The van der Waals surface area contributed by atoms with Gasteiger partial charge in [-0.15, -0.1) is 0 Å². The van der Waals surface area contributed by atoms with Crippen LogP contribution in [0.1, 0.15) is 19.4 Å². The molecular formula is C14H19NO4S. The van der Waals surface area contributed by atoms with Gasteiger partial charge in [-0.05, 0) is 29.7 Å². The zero-order valence-corrected chi connectivity index (χ0v) is 12.6. The van der Waals surface area contributed by atoms with Crippen molar-refractivity contribution in [1.82, 2.24) is 4.31 Å². The lowest BCUT2D eigenvalue weighted by atomic mass is 10.2. The highest BCUT2D eigenvalue weighted by Crippen LogP contribution is 2.17. The minimum atomic E-state index is -3.54. The van der Waals surface area contributed by atoms with Crippen molar-refractivity contribution >= 4 is 22.1 Å². The van der Waals surface area contributed by atoms with Gasteiger partial charge in [-0.2, -0.15) is 0 Å². The summed E-state index contributed by atoms with van der Waals surface area (Å²) in [7, 11) is -2.01. The predicted octanol–water partition coefficient (Wildman–Crippen LogP) is 2.06. The van der Waals surface area contributed by atoms with E-state index in [4.69, 9.17) is 5.11 Å². The largest absolute Gasteiger partial charge is 0.478 e. The molecule has 0 aliphatic heterocycles. The topological polar surface area (TPSA) is 74.7 Å². The van der Waals surface area contributed by atoms with Crippen LogP contribution in [0.5, 0.6) is 0 Å². The van der Waals surface area contributed by atoms with E-state index in [9.17, 15) is 13.2 Å². The first-order valence-corrected chi connectivity index (χ1v) is 7.65. The molecule has 1 rings (SSSR count). The van der Waals surface area contributed by atoms with Crippen LogP contribution in [0.25, 0.3) is 6.08 Å². The first kappa shape index (κ1) is 16.4. The van der Waals surface area contributed by atoms with E-state index in [-0.39, 0.29) is 10.8 Å². The number of sulfonamides is 1. The maximum Gasteiger partial charge on any atom is 0.328 e. The van der Waals surface area contributed by atoms with E-state index in [0.717, 1.165) is 6.08 Å². The number of nitrogens with zero attached hydrogens (tertiary/aromatic N) is 1. The third-order valence-corrected chi connectivity index (χ3v) is 4.43. The van der Waals surface area contributed by atoms with Gasteiger partial charge in [0.2, 0.25) is 10.0 Å². The SMILES string of the molecule is CC(C)CN(C)S(=O)(=O)c1cccc(C=CC(=O)O)c1. The maximum atomic E-state index is 12.3. The molecule has 0 fully saturated rings. The van der Waals surface area contributed by atoms with Gasteiger partial charge in [0.05, 0.1) is 4.90 Å². The molecule has 0 aliphatic rings. The van der Waals surface area contributed by atoms with Crippen molar-refractivity contribution in [1.29, 1.82) is 0 Å². The summed E-state index contributed by atoms with van der Waals surface area (Å²) in [4.78, 5) is 10.6. The zero-order valence-electron chi connectivity index (χ0n) is 11.8. The fraction of sp³-hybridized carbons (Fsp3) is 0.357. The van der Waals surface area contributed by atoms with E-state index in [1.807, 2.05) is 13.8 Å². The molecule has 0 spiro atoms. The Hall–Kier alpha value is -1.66. The average molecular weight is 297 g/mol. The van der Waals surface area contributed by atoms with Gasteiger partial charge in [-0.1, -0.05) is 26.0 Å². The number of aliphatic carboxylic acids is 1. The van der Waals surface area contributed by atoms with Crippen molar-refractivity contribution in [3.8, 4) is 0 Å². The Morgan fingerprint density at radius 3 is 2.60 bits per heavy atom. The second-order valence-electron chi connectivity index (χ2n) is 4.92. The lowest BCUT2D eigenvalue weighted by molar-refractivity contribution is -0.131. The van der Waals surface area contributed by atoms with E-state index >= 15 is 0 Å². The van der Waals surface area contributed by atoms with Crippen LogP contribution in [-0.4, -0.2) is 37.4 Å². The number of carboxylic acids is 1. The smallest absolute Gasteiger partial charge is 0.328 e. The van der Waals surface area contributed by atoms with Crippen LogP contribution < -0.4 is 0 Å². The van der Waals surface area contributed by atoms with Crippen LogP contribution in [0.2, 0.25) is 0 Å². The fourth-order valence-electron chi connectivity index (χ4n) is 1.74. The Kier molecular flexibility index (Phi) is 5.47. The van der Waals surface area contributed by atoms with Crippen molar-refractivity contribution in [2.24, 2.45) is 5.92 Å². The molecule has 0 amide bonds. The van der Waals surface area contributed by atoms with E-state index < -0.39 is 16.0 Å². The van der Waals surface area contributed by atoms with Crippen LogP contribution in [0.15, 0.2) is 35.2 Å². The molecule has 0 aliphatic carbocycles. The maximum absolute atomic E-state index is 12.3. The summed E-state index contributed by atoms with van der Waals surface area (Å²) in [5, 5.41) is 8.58. The molecule has 1 N–H and O–H groups in total. The lowest BCUT2D eigenvalue weighted by Crippen LogP contribution is -2.30. The molecule has 0 heterocycles. The highest BCUT2D eigenvalue weighted by Gasteiger charge is 2.21. The molecule has 1 aromatic carbocycles. The minimum absolute atomic E-state index is 0.160. The first-order valence-electron chi connectivity index (χ1n) is 6.21. The van der Waals surface area contributed by atoms with Gasteiger partial charge in [0.25, 0.3) is 0 Å². The van der Waals surface area contributed by atoms with Crippen molar-refractivity contribution in [2.45, 2.75) is 18.7 Å². The molecule has 110 valence electrons. The van der Waals surface area contributed by atoms with Crippen LogP contribution in [0, 0.1) is 5.92 Å². The molecule has 0 saturated heterocycles. The Balaban J connectivity index is 3.07. The van der Waals surface area contributed by atoms with Crippen LogP contribution >= 0.6 is 0 Å². The normalized spacial score (nSPS) is 12.4. The first-order chi connectivity index (χ1) is 9.23. The number of hydrogen-bond donors (Lipinski definition) is 1. The van der Waals surface area contributed by atoms with Crippen molar-refractivity contribution in [3.63, 3.8) is 0 Å². The molecule has 0 unspecified atom stereocenters. The van der Waals surface area contributed by atoms with Gasteiger partial charge >= 0.3 is 5.97 Å². The Bertz CT molecular complexity index is 605. The van der Waals surface area contributed by atoms with Crippen LogP contribution in [0.3, 0.4) is 0 Å². The van der Waals surface area contributed by atoms with Gasteiger partial charge in [0.1, 0.15) is 0 Å². The summed E-state index contributed by atoms with van der Waals surface area (Å²) in [5.74, 6) is -0.847. The summed E-state index contributed by atoms with van der Waals surface area (Å²) >= 11 is 0. The number of benzene rings is 1. The zero-order chi connectivity index (χ0) is 15.3. The van der Waals surface area contributed by atoms with Gasteiger partial charge in [-0.3, -0.25) is 0 Å². The molecular weight excluding hydrogens is 278 g/mol. The molecule has 1 aromatic rings. The van der Waals surface area contributed by atoms with Gasteiger partial charge in [-0.25, -0.2) is 17.5 Å². The molecule has 6 heteroatoms. The summed E-state index contributed by atoms with van der Waals surface area (Å²) in [6.45, 7) is 4.31. The minimum Gasteiger partial charge on any atom is -0.478 e. The Labute approximate surface area is 119 Å². The van der Waals surface area contributed by atoms with Crippen LogP contribution in [-0.2, 0) is 14.8 Å². The summed E-state index contributed by atoms with van der Waals surface area (Å²) < 4.78 is 26.0. The molecule has 5 nitrogen and oxygen atoms in total. The van der Waals surface area contributed by atoms with E-state index in [1.165, 1.54) is 29.6 Å². The van der Waals surface area contributed by atoms with Crippen molar-refractivity contribution in [2.75, 3.05) is 13.6 Å². The summed E-state index contributed by atoms with van der Waals surface area (Å²) in [5.41, 5.74) is 0.534. The highest BCUT2D eigenvalue weighted by molar-refractivity contribution is 7.89. The van der Waals surface area contributed by atoms with E-state index in [0.29, 0.717) is 12.1 Å². The molecule has 0 bridgehead atoms. The van der Waals surface area contributed by atoms with Crippen molar-refractivity contribution in [3.05, 3.63) is 35.9 Å². The monoisotopic (exact) mass is 297 g/mol. The molecule has 0 aromatic heterocycles. The highest BCUT2D eigenvalue weighted by atomic mass is 32.2. The summed E-state index contributed by atoms with van der Waals surface area (Å²) in [6.07, 6.45) is 2.34. The molecule has 20 heavy (non-hydrogen) atoms. The Morgan fingerprint density at radius 1 is 1.40 bits per heavy atom. The third-order valence-electron chi connectivity index (χ3n) is 2.61. The van der Waals surface area contributed by atoms with Crippen LogP contribution in [0.4, 0.5) is 0 Å². The number of carbonyl (C=O) groups is 1. The van der Waals surface area contributed by atoms with Gasteiger partial charge < -0.3 is 5.11 Å². The molecule has 0 atom stereocenters. The van der Waals surface area contributed by atoms with E-state index in [2.05, 4.69) is 0 Å². The van der Waals surface area contributed by atoms with Crippen molar-refractivity contribution < 1.29 is 18.3 Å². The fourth-order valence-corrected chi connectivity index (χ4v) is 3.13. The molecule has 0 saturated carbocycles. The predicted molar refractivity (Wildman–Crippen MR) is 77.8 cm³/mol. The third kappa shape index (κ3) is 4.47. The second kappa shape index (κ2) is 6.67. The van der Waals surface area contributed by atoms with Gasteiger partial charge in [0.15, 0.2) is 0 Å². The molecule has 0 radical (unpaired) electrons. The standard InChI is InChI=1S/C14H19NO4S/c1-11(2)10-15(3)20(18,19)13-6-4-5-12(9-13)7-8-14(16)17/h4-9,11H,10H2,1-3H3,(H,16,17). The average Bonchev–Trinajstić information content (AvgIpc) is 2.35.